The number of nitrogens with zero attached hydrogens (tertiary/aromatic N) is 4. The molecule has 0 saturated carbocycles. The van der Waals surface area contributed by atoms with Gasteiger partial charge in [0.15, 0.2) is 0 Å². The van der Waals surface area contributed by atoms with Gasteiger partial charge < -0.3 is 14.6 Å². The van der Waals surface area contributed by atoms with Crippen molar-refractivity contribution in [3.63, 3.8) is 0 Å². The van der Waals surface area contributed by atoms with Crippen molar-refractivity contribution >= 4 is 5.91 Å². The fraction of sp³-hybridized carbons (Fsp3) is 0.733. The maximum Gasteiger partial charge on any atom is 0.246 e. The summed E-state index contributed by atoms with van der Waals surface area (Å²) in [7, 11) is 5.74. The largest absolute Gasteiger partial charge is 0.396 e. The van der Waals surface area contributed by atoms with E-state index in [9.17, 15) is 9.90 Å². The molecule has 0 radical (unpaired) electrons. The summed E-state index contributed by atoms with van der Waals surface area (Å²) in [4.78, 5) is 20.8. The number of piperidine rings is 1. The van der Waals surface area contributed by atoms with Crippen molar-refractivity contribution in [2.24, 2.45) is 12.5 Å². The molecule has 1 aromatic heterocycles. The second kappa shape index (κ2) is 6.15. The van der Waals surface area contributed by atoms with Crippen LogP contribution >= 0.6 is 0 Å². The highest BCUT2D eigenvalue weighted by Crippen LogP contribution is 2.31. The summed E-state index contributed by atoms with van der Waals surface area (Å²) in [5.41, 5.74) is 0.859. The molecule has 1 amide bonds. The number of aromatic nitrogens is 2. The quantitative estimate of drug-likeness (QED) is 0.885. The number of aryl methyl sites for hydroxylation is 1. The van der Waals surface area contributed by atoms with Crippen molar-refractivity contribution in [3.8, 4) is 0 Å². The molecule has 1 atom stereocenters. The lowest BCUT2D eigenvalue weighted by atomic mass is 9.81. The van der Waals surface area contributed by atoms with E-state index in [1.165, 1.54) is 0 Å². The first-order chi connectivity index (χ1) is 9.88. The van der Waals surface area contributed by atoms with E-state index in [2.05, 4.69) is 11.9 Å². The molecule has 1 aromatic rings. The molecular formula is C15H26N4O2. The molecule has 1 saturated heterocycles. The molecule has 6 nitrogen and oxygen atoms in total. The number of hydrogen-bond acceptors (Lipinski definition) is 4. The average Bonchev–Trinajstić information content (AvgIpc) is 2.85. The molecule has 0 spiro atoms. The summed E-state index contributed by atoms with van der Waals surface area (Å²) >= 11 is 0. The molecule has 1 aliphatic rings. The Kier molecular flexibility index (Phi) is 4.68. The van der Waals surface area contributed by atoms with Gasteiger partial charge in [0.25, 0.3) is 0 Å². The minimum Gasteiger partial charge on any atom is -0.396 e. The van der Waals surface area contributed by atoms with E-state index in [-0.39, 0.29) is 24.0 Å². The molecule has 1 fully saturated rings. The molecule has 21 heavy (non-hydrogen) atoms. The molecule has 1 unspecified atom stereocenters. The molecular weight excluding hydrogens is 268 g/mol. The Morgan fingerprint density at radius 2 is 2.10 bits per heavy atom. The van der Waals surface area contributed by atoms with Crippen LogP contribution in [0.4, 0.5) is 0 Å². The predicted octanol–water partition coefficient (Wildman–Crippen LogP) is 0.644. The Morgan fingerprint density at radius 3 is 2.52 bits per heavy atom. The minimum atomic E-state index is -0.309. The third-order valence-corrected chi connectivity index (χ3v) is 4.55. The van der Waals surface area contributed by atoms with Crippen LogP contribution in [0, 0.1) is 5.41 Å². The van der Waals surface area contributed by atoms with Crippen molar-refractivity contribution in [1.82, 2.24) is 19.4 Å². The maximum absolute atomic E-state index is 12.9. The van der Waals surface area contributed by atoms with E-state index in [0.29, 0.717) is 13.1 Å². The van der Waals surface area contributed by atoms with E-state index >= 15 is 0 Å². The van der Waals surface area contributed by atoms with Gasteiger partial charge in [0.2, 0.25) is 5.91 Å². The van der Waals surface area contributed by atoms with Gasteiger partial charge in [-0.1, -0.05) is 6.92 Å². The Morgan fingerprint density at radius 1 is 1.48 bits per heavy atom. The zero-order valence-electron chi connectivity index (χ0n) is 13.4. The highest BCUT2D eigenvalue weighted by atomic mass is 16.3. The standard InChI is InChI=1S/C15H26N4O2/c1-15(10-20)5-7-19(8-6-15)14(21)13(17(2)3)12-9-16-11-18(12)4/h9,11,13,20H,5-8,10H2,1-4H3. The first-order valence-electron chi connectivity index (χ1n) is 7.40. The molecule has 1 N–H and O–H groups in total. The highest BCUT2D eigenvalue weighted by molar-refractivity contribution is 5.83. The third kappa shape index (κ3) is 3.27. The van der Waals surface area contributed by atoms with Crippen LogP contribution in [0.2, 0.25) is 0 Å². The van der Waals surface area contributed by atoms with Crippen LogP contribution in [0.1, 0.15) is 31.5 Å². The lowest BCUT2D eigenvalue weighted by Gasteiger charge is -2.40. The number of aliphatic hydroxyl groups excluding tert-OH is 1. The van der Waals surface area contributed by atoms with E-state index in [0.717, 1.165) is 18.5 Å². The minimum absolute atomic E-state index is 0.0447. The molecule has 0 aromatic carbocycles. The lowest BCUT2D eigenvalue weighted by Crippen LogP contribution is -2.47. The highest BCUT2D eigenvalue weighted by Gasteiger charge is 2.35. The zero-order valence-corrected chi connectivity index (χ0v) is 13.4. The second-order valence-electron chi connectivity index (χ2n) is 6.59. The number of likely N-dealkylation sites (N-methyl/N-ethyl adjacent to an activating group) is 1. The number of carbonyl (C=O) groups excluding carboxylic acids is 1. The number of rotatable bonds is 4. The zero-order chi connectivity index (χ0) is 15.6. The number of hydrogen-bond donors (Lipinski definition) is 1. The van der Waals surface area contributed by atoms with Gasteiger partial charge in [-0.05, 0) is 32.4 Å². The van der Waals surface area contributed by atoms with Gasteiger partial charge in [0.1, 0.15) is 6.04 Å². The van der Waals surface area contributed by atoms with Crippen LogP contribution in [0.5, 0.6) is 0 Å². The van der Waals surface area contributed by atoms with E-state index in [1.54, 1.807) is 12.5 Å². The number of carbonyl (C=O) groups is 1. The molecule has 2 heterocycles. The topological polar surface area (TPSA) is 61.6 Å². The number of aliphatic hydroxyl groups is 1. The number of likely N-dealkylation sites (tertiary alicyclic amines) is 1. The van der Waals surface area contributed by atoms with Gasteiger partial charge in [-0.15, -0.1) is 0 Å². The number of imidazole rings is 1. The SMILES string of the molecule is CN(C)C(C(=O)N1CCC(C)(CO)CC1)c1cncn1C. The molecule has 2 rings (SSSR count). The van der Waals surface area contributed by atoms with Crippen LogP contribution in [-0.2, 0) is 11.8 Å². The normalized spacial score (nSPS) is 19.8. The molecule has 1 aliphatic heterocycles. The number of amides is 1. The van der Waals surface area contributed by atoms with Gasteiger partial charge in [0, 0.05) is 26.7 Å². The van der Waals surface area contributed by atoms with Crippen LogP contribution in [-0.4, -0.2) is 64.2 Å². The van der Waals surface area contributed by atoms with Crippen LogP contribution < -0.4 is 0 Å². The van der Waals surface area contributed by atoms with Crippen molar-refractivity contribution < 1.29 is 9.90 Å². The first-order valence-corrected chi connectivity index (χ1v) is 7.40. The Bertz CT molecular complexity index is 490. The van der Waals surface area contributed by atoms with Gasteiger partial charge in [-0.3, -0.25) is 9.69 Å². The monoisotopic (exact) mass is 294 g/mol. The van der Waals surface area contributed by atoms with Crippen LogP contribution in [0.3, 0.4) is 0 Å². The maximum atomic E-state index is 12.9. The second-order valence-corrected chi connectivity index (χ2v) is 6.59. The molecule has 0 aliphatic carbocycles. The average molecular weight is 294 g/mol. The summed E-state index contributed by atoms with van der Waals surface area (Å²) in [6.45, 7) is 3.68. The molecule has 6 heteroatoms. The van der Waals surface area contributed by atoms with Crippen molar-refractivity contribution in [1.29, 1.82) is 0 Å². The Labute approximate surface area is 126 Å². The van der Waals surface area contributed by atoms with Gasteiger partial charge in [0.05, 0.1) is 18.2 Å². The van der Waals surface area contributed by atoms with E-state index in [4.69, 9.17) is 0 Å². The molecule has 118 valence electrons. The van der Waals surface area contributed by atoms with Crippen molar-refractivity contribution in [2.75, 3.05) is 33.8 Å². The van der Waals surface area contributed by atoms with Gasteiger partial charge in [-0.25, -0.2) is 4.98 Å². The Hall–Kier alpha value is -1.40. The van der Waals surface area contributed by atoms with E-state index < -0.39 is 0 Å². The fourth-order valence-electron chi connectivity index (χ4n) is 2.84. The van der Waals surface area contributed by atoms with Crippen LogP contribution in [0.25, 0.3) is 0 Å². The summed E-state index contributed by atoms with van der Waals surface area (Å²) in [5, 5.41) is 9.44. The predicted molar refractivity (Wildman–Crippen MR) is 80.6 cm³/mol. The summed E-state index contributed by atoms with van der Waals surface area (Å²) < 4.78 is 1.89. The summed E-state index contributed by atoms with van der Waals surface area (Å²) in [6.07, 6.45) is 5.17. The van der Waals surface area contributed by atoms with Crippen molar-refractivity contribution in [2.45, 2.75) is 25.8 Å². The summed E-state index contributed by atoms with van der Waals surface area (Å²) in [5.74, 6) is 0.114. The van der Waals surface area contributed by atoms with Crippen molar-refractivity contribution in [3.05, 3.63) is 18.2 Å². The van der Waals surface area contributed by atoms with E-state index in [1.807, 2.05) is 35.5 Å². The summed E-state index contributed by atoms with van der Waals surface area (Å²) in [6, 6.07) is -0.309. The smallest absolute Gasteiger partial charge is 0.246 e. The lowest BCUT2D eigenvalue weighted by molar-refractivity contribution is -0.139. The molecule has 0 bridgehead atoms. The fourth-order valence-corrected chi connectivity index (χ4v) is 2.84. The Balaban J connectivity index is 2.12. The van der Waals surface area contributed by atoms with Gasteiger partial charge >= 0.3 is 0 Å². The first kappa shape index (κ1) is 16.0. The van der Waals surface area contributed by atoms with Gasteiger partial charge in [-0.2, -0.15) is 0 Å². The van der Waals surface area contributed by atoms with Crippen LogP contribution in [0.15, 0.2) is 12.5 Å². The third-order valence-electron chi connectivity index (χ3n) is 4.55.